The molecular formula is C30H30O4. The van der Waals surface area contributed by atoms with Crippen LogP contribution < -0.4 is 9.47 Å². The van der Waals surface area contributed by atoms with Gasteiger partial charge in [0.05, 0.1) is 0 Å². The third-order valence-corrected chi connectivity index (χ3v) is 5.65. The first-order valence-electron chi connectivity index (χ1n) is 11.5. The van der Waals surface area contributed by atoms with Crippen LogP contribution in [0.1, 0.15) is 34.7 Å². The van der Waals surface area contributed by atoms with Crippen LogP contribution in [-0.2, 0) is 41.7 Å². The van der Waals surface area contributed by atoms with Gasteiger partial charge in [-0.2, -0.15) is 0 Å². The van der Waals surface area contributed by atoms with Gasteiger partial charge >= 0.3 is 11.9 Å². The van der Waals surface area contributed by atoms with Gasteiger partial charge in [-0.3, -0.25) is 0 Å². The van der Waals surface area contributed by atoms with Crippen molar-refractivity contribution in [1.29, 1.82) is 0 Å². The molecule has 4 heteroatoms. The van der Waals surface area contributed by atoms with Crippen LogP contribution in [0.25, 0.3) is 0 Å². The summed E-state index contributed by atoms with van der Waals surface area (Å²) in [4.78, 5) is 22.6. The molecule has 0 saturated heterocycles. The van der Waals surface area contributed by atoms with E-state index in [1.807, 2.05) is 48.5 Å². The molecule has 0 aromatic heterocycles. The summed E-state index contributed by atoms with van der Waals surface area (Å²) in [5.74, 6) is 0.149. The molecule has 0 aliphatic carbocycles. The lowest BCUT2D eigenvalue weighted by Crippen LogP contribution is -2.03. The minimum atomic E-state index is -0.453. The van der Waals surface area contributed by atoms with Crippen LogP contribution >= 0.6 is 0 Å². The molecule has 0 amide bonds. The summed E-state index contributed by atoms with van der Waals surface area (Å²) in [6.07, 6.45) is 7.05. The minimum Gasteiger partial charge on any atom is -0.423 e. The highest BCUT2D eigenvalue weighted by atomic mass is 16.5. The molecule has 0 aliphatic heterocycles. The fourth-order valence-electron chi connectivity index (χ4n) is 3.74. The summed E-state index contributed by atoms with van der Waals surface area (Å²) in [7, 11) is 0. The highest BCUT2D eigenvalue weighted by Gasteiger charge is 2.06. The Kier molecular flexibility index (Phi) is 8.98. The van der Waals surface area contributed by atoms with Crippen LogP contribution in [-0.4, -0.2) is 11.9 Å². The third-order valence-electron chi connectivity index (χ3n) is 5.65. The molecule has 0 spiro atoms. The van der Waals surface area contributed by atoms with E-state index in [2.05, 4.69) is 38.3 Å². The molecule has 0 bridgehead atoms. The normalized spacial score (nSPS) is 10.4. The maximum absolute atomic E-state index is 11.3. The van der Waals surface area contributed by atoms with Crippen LogP contribution in [0.3, 0.4) is 0 Å². The van der Waals surface area contributed by atoms with Crippen molar-refractivity contribution in [3.05, 3.63) is 120 Å². The first kappa shape index (κ1) is 24.7. The van der Waals surface area contributed by atoms with Gasteiger partial charge in [-0.1, -0.05) is 62.5 Å². The first-order chi connectivity index (χ1) is 16.5. The maximum atomic E-state index is 11.3. The number of ether oxygens (including phenoxy) is 2. The van der Waals surface area contributed by atoms with E-state index in [4.69, 9.17) is 9.47 Å². The molecule has 174 valence electrons. The molecule has 0 fully saturated rings. The van der Waals surface area contributed by atoms with Crippen molar-refractivity contribution in [2.75, 3.05) is 0 Å². The highest BCUT2D eigenvalue weighted by molar-refractivity contribution is 5.83. The number of carbonyl (C=O) groups excluding carboxylic acids is 2. The Balaban J connectivity index is 1.55. The van der Waals surface area contributed by atoms with Gasteiger partial charge in [0.15, 0.2) is 0 Å². The van der Waals surface area contributed by atoms with Gasteiger partial charge in [-0.15, -0.1) is 0 Å². The van der Waals surface area contributed by atoms with E-state index in [9.17, 15) is 9.59 Å². The Labute approximate surface area is 201 Å². The van der Waals surface area contributed by atoms with Crippen LogP contribution in [0, 0.1) is 0 Å². The maximum Gasteiger partial charge on any atom is 0.335 e. The molecule has 4 nitrogen and oxygen atoms in total. The van der Waals surface area contributed by atoms with Gasteiger partial charge in [0, 0.05) is 12.2 Å². The van der Waals surface area contributed by atoms with Crippen molar-refractivity contribution in [1.82, 2.24) is 0 Å². The number of esters is 2. The minimum absolute atomic E-state index is 0.452. The molecule has 0 unspecified atom stereocenters. The molecule has 3 aromatic carbocycles. The number of rotatable bonds is 11. The van der Waals surface area contributed by atoms with Crippen molar-refractivity contribution in [3.63, 3.8) is 0 Å². The SMILES string of the molecule is C=CC(=O)Oc1ccc(CCc2ccc(CCc3ccc(OC(=O)C=C)cc3)c(CC)c2)cc1. The Bertz CT molecular complexity index is 1140. The van der Waals surface area contributed by atoms with Gasteiger partial charge in [0.25, 0.3) is 0 Å². The summed E-state index contributed by atoms with van der Waals surface area (Å²) in [5, 5.41) is 0. The summed E-state index contributed by atoms with van der Waals surface area (Å²) in [6, 6.07) is 22.0. The van der Waals surface area contributed by atoms with Crippen molar-refractivity contribution in [2.45, 2.75) is 39.0 Å². The van der Waals surface area contributed by atoms with E-state index in [0.29, 0.717) is 11.5 Å². The Hall–Kier alpha value is -3.92. The molecular weight excluding hydrogens is 424 g/mol. The average Bonchev–Trinajstić information content (AvgIpc) is 2.87. The van der Waals surface area contributed by atoms with E-state index in [-0.39, 0.29) is 0 Å². The van der Waals surface area contributed by atoms with Crippen LogP contribution in [0.15, 0.2) is 92.0 Å². The third kappa shape index (κ3) is 7.31. The van der Waals surface area contributed by atoms with Crippen molar-refractivity contribution < 1.29 is 19.1 Å². The van der Waals surface area contributed by atoms with Crippen molar-refractivity contribution in [2.24, 2.45) is 0 Å². The van der Waals surface area contributed by atoms with Gasteiger partial charge < -0.3 is 9.47 Å². The summed E-state index contributed by atoms with van der Waals surface area (Å²) >= 11 is 0. The lowest BCUT2D eigenvalue weighted by Gasteiger charge is -2.12. The molecule has 0 radical (unpaired) electrons. The lowest BCUT2D eigenvalue weighted by molar-refractivity contribution is -0.129. The molecule has 0 atom stereocenters. The molecule has 0 N–H and O–H groups in total. The Morgan fingerprint density at radius 2 is 1.09 bits per heavy atom. The van der Waals surface area contributed by atoms with Gasteiger partial charge in [0.1, 0.15) is 11.5 Å². The summed E-state index contributed by atoms with van der Waals surface area (Å²) in [6.45, 7) is 9.00. The van der Waals surface area contributed by atoms with Crippen LogP contribution in [0.5, 0.6) is 11.5 Å². The molecule has 3 rings (SSSR count). The summed E-state index contributed by atoms with van der Waals surface area (Å²) < 4.78 is 10.3. The van der Waals surface area contributed by atoms with E-state index < -0.39 is 11.9 Å². The molecule has 0 heterocycles. The van der Waals surface area contributed by atoms with E-state index in [1.165, 1.54) is 27.8 Å². The molecule has 34 heavy (non-hydrogen) atoms. The fraction of sp³-hybridized carbons (Fsp3) is 0.200. The second-order valence-corrected chi connectivity index (χ2v) is 7.99. The zero-order valence-corrected chi connectivity index (χ0v) is 19.6. The average molecular weight is 455 g/mol. The second-order valence-electron chi connectivity index (χ2n) is 7.99. The number of aryl methyl sites for hydroxylation is 5. The van der Waals surface area contributed by atoms with Crippen molar-refractivity contribution >= 4 is 11.9 Å². The topological polar surface area (TPSA) is 52.6 Å². The second kappa shape index (κ2) is 12.4. The number of carbonyl (C=O) groups is 2. The van der Waals surface area contributed by atoms with Crippen LogP contribution in [0.4, 0.5) is 0 Å². The van der Waals surface area contributed by atoms with E-state index in [0.717, 1.165) is 44.3 Å². The summed E-state index contributed by atoms with van der Waals surface area (Å²) in [5.41, 5.74) is 6.45. The number of hydrogen-bond donors (Lipinski definition) is 0. The monoisotopic (exact) mass is 454 g/mol. The van der Waals surface area contributed by atoms with Gasteiger partial charge in [-0.05, 0) is 84.2 Å². The van der Waals surface area contributed by atoms with Crippen LogP contribution in [0.2, 0.25) is 0 Å². The van der Waals surface area contributed by atoms with Gasteiger partial charge in [-0.25, -0.2) is 9.59 Å². The fourth-order valence-corrected chi connectivity index (χ4v) is 3.74. The first-order valence-corrected chi connectivity index (χ1v) is 11.5. The van der Waals surface area contributed by atoms with E-state index >= 15 is 0 Å². The number of hydrogen-bond acceptors (Lipinski definition) is 4. The lowest BCUT2D eigenvalue weighted by atomic mass is 9.94. The standard InChI is InChI=1S/C30H30O4/c1-4-25-21-24(8-7-22-11-17-27(18-12-22)33-29(31)5-2)10-16-26(25)15-9-23-13-19-28(20-14-23)34-30(32)6-3/h5-6,10-14,16-21H,2-4,7-9,15H2,1H3. The molecule has 0 aliphatic rings. The Morgan fingerprint density at radius 1 is 0.647 bits per heavy atom. The molecule has 0 saturated carbocycles. The largest absolute Gasteiger partial charge is 0.423 e. The predicted molar refractivity (Wildman–Crippen MR) is 135 cm³/mol. The van der Waals surface area contributed by atoms with Gasteiger partial charge in [0.2, 0.25) is 0 Å². The highest BCUT2D eigenvalue weighted by Crippen LogP contribution is 2.20. The number of benzene rings is 3. The smallest absolute Gasteiger partial charge is 0.335 e. The Morgan fingerprint density at radius 3 is 1.56 bits per heavy atom. The zero-order chi connectivity index (χ0) is 24.3. The predicted octanol–water partition coefficient (Wildman–Crippen LogP) is 6.00. The van der Waals surface area contributed by atoms with E-state index in [1.54, 1.807) is 0 Å². The van der Waals surface area contributed by atoms with Crippen molar-refractivity contribution in [3.8, 4) is 11.5 Å². The quantitative estimate of drug-likeness (QED) is 0.202. The molecule has 3 aromatic rings. The zero-order valence-electron chi connectivity index (χ0n) is 19.6.